The fraction of sp³-hybridized carbons (Fsp3) is 0.167. The molecule has 0 unspecified atom stereocenters. The molecular weight excluding hydrogens is 233 g/mol. The van der Waals surface area contributed by atoms with Crippen molar-refractivity contribution in [3.8, 4) is 11.5 Å². The Kier molecular flexibility index (Phi) is 2.61. The van der Waals surface area contributed by atoms with Crippen LogP contribution < -0.4 is 4.74 Å². The van der Waals surface area contributed by atoms with E-state index < -0.39 is 6.36 Å². The quantitative estimate of drug-likeness (QED) is 0.825. The SMILES string of the molecule is Cc1cc(O)cc2cccc(OC(F)(F)F)c12. The molecule has 1 N–H and O–H groups in total. The van der Waals surface area contributed by atoms with Crippen LogP contribution in [0.5, 0.6) is 11.5 Å². The van der Waals surface area contributed by atoms with Crippen LogP contribution in [-0.2, 0) is 0 Å². The third-order valence-electron chi connectivity index (χ3n) is 2.35. The number of ether oxygens (including phenoxy) is 1. The van der Waals surface area contributed by atoms with Gasteiger partial charge in [-0.25, -0.2) is 0 Å². The molecule has 0 bridgehead atoms. The fourth-order valence-corrected chi connectivity index (χ4v) is 1.80. The zero-order valence-corrected chi connectivity index (χ0v) is 8.88. The lowest BCUT2D eigenvalue weighted by Gasteiger charge is -2.13. The van der Waals surface area contributed by atoms with E-state index in [1.54, 1.807) is 13.0 Å². The maximum atomic E-state index is 12.2. The molecule has 0 radical (unpaired) electrons. The fourth-order valence-electron chi connectivity index (χ4n) is 1.80. The Morgan fingerprint density at radius 2 is 1.88 bits per heavy atom. The molecule has 0 heterocycles. The monoisotopic (exact) mass is 242 g/mol. The first-order chi connectivity index (χ1) is 7.87. The highest BCUT2D eigenvalue weighted by atomic mass is 19.4. The number of phenols is 1. The highest BCUT2D eigenvalue weighted by Crippen LogP contribution is 2.34. The highest BCUT2D eigenvalue weighted by molar-refractivity contribution is 5.92. The molecule has 0 atom stereocenters. The lowest BCUT2D eigenvalue weighted by molar-refractivity contribution is -0.274. The molecule has 0 aliphatic carbocycles. The van der Waals surface area contributed by atoms with Gasteiger partial charge in [-0.3, -0.25) is 0 Å². The van der Waals surface area contributed by atoms with Crippen LogP contribution in [0, 0.1) is 6.92 Å². The van der Waals surface area contributed by atoms with Gasteiger partial charge in [0.25, 0.3) is 0 Å². The van der Waals surface area contributed by atoms with Gasteiger partial charge in [-0.1, -0.05) is 12.1 Å². The van der Waals surface area contributed by atoms with Crippen LogP contribution in [0.1, 0.15) is 5.56 Å². The molecule has 0 aromatic heterocycles. The lowest BCUT2D eigenvalue weighted by atomic mass is 10.0. The van der Waals surface area contributed by atoms with E-state index in [4.69, 9.17) is 0 Å². The molecule has 0 saturated heterocycles. The summed E-state index contributed by atoms with van der Waals surface area (Å²) in [7, 11) is 0. The first kappa shape index (κ1) is 11.6. The van der Waals surface area contributed by atoms with Crippen molar-refractivity contribution in [3.05, 3.63) is 35.9 Å². The van der Waals surface area contributed by atoms with Gasteiger partial charge < -0.3 is 9.84 Å². The van der Waals surface area contributed by atoms with E-state index in [2.05, 4.69) is 4.74 Å². The summed E-state index contributed by atoms with van der Waals surface area (Å²) >= 11 is 0. The summed E-state index contributed by atoms with van der Waals surface area (Å²) in [4.78, 5) is 0. The van der Waals surface area contributed by atoms with Crippen LogP contribution in [0.25, 0.3) is 10.8 Å². The largest absolute Gasteiger partial charge is 0.573 e. The standard InChI is InChI=1S/C12H9F3O2/c1-7-5-9(16)6-8-3-2-4-10(11(7)8)17-12(13,14)15/h2-6,16H,1H3. The molecular formula is C12H9F3O2. The van der Waals surface area contributed by atoms with E-state index in [9.17, 15) is 18.3 Å². The molecule has 90 valence electrons. The van der Waals surface area contributed by atoms with Gasteiger partial charge in [0.05, 0.1) is 0 Å². The minimum absolute atomic E-state index is 0.0131. The number of benzene rings is 2. The molecule has 2 nitrogen and oxygen atoms in total. The average Bonchev–Trinajstić information content (AvgIpc) is 2.13. The molecule has 5 heteroatoms. The predicted molar refractivity (Wildman–Crippen MR) is 57.0 cm³/mol. The van der Waals surface area contributed by atoms with E-state index in [-0.39, 0.29) is 11.5 Å². The minimum atomic E-state index is -4.72. The highest BCUT2D eigenvalue weighted by Gasteiger charge is 2.31. The normalized spacial score (nSPS) is 11.8. The molecule has 0 aliphatic heterocycles. The maximum absolute atomic E-state index is 12.2. The number of hydrogen-bond acceptors (Lipinski definition) is 2. The van der Waals surface area contributed by atoms with Gasteiger partial charge in [-0.2, -0.15) is 0 Å². The second-order valence-corrected chi connectivity index (χ2v) is 3.66. The predicted octanol–water partition coefficient (Wildman–Crippen LogP) is 3.75. The molecule has 0 spiro atoms. The summed E-state index contributed by atoms with van der Waals surface area (Å²) in [5.74, 6) is -0.244. The Labute approximate surface area is 95.2 Å². The summed E-state index contributed by atoms with van der Waals surface area (Å²) in [6.45, 7) is 1.62. The van der Waals surface area contributed by atoms with Crippen LogP contribution >= 0.6 is 0 Å². The number of fused-ring (bicyclic) bond motifs is 1. The Balaban J connectivity index is 2.65. The lowest BCUT2D eigenvalue weighted by Crippen LogP contribution is -2.17. The van der Waals surface area contributed by atoms with Gasteiger partial charge in [-0.05, 0) is 36.1 Å². The van der Waals surface area contributed by atoms with Gasteiger partial charge >= 0.3 is 6.36 Å². The van der Waals surface area contributed by atoms with Crippen molar-refractivity contribution in [2.24, 2.45) is 0 Å². The molecule has 2 aromatic carbocycles. The summed E-state index contributed by atoms with van der Waals surface area (Å²) in [5.41, 5.74) is 0.528. The van der Waals surface area contributed by atoms with Crippen LogP contribution in [0.4, 0.5) is 13.2 Å². The van der Waals surface area contributed by atoms with Crippen molar-refractivity contribution >= 4 is 10.8 Å². The molecule has 2 rings (SSSR count). The van der Waals surface area contributed by atoms with Crippen LogP contribution in [0.2, 0.25) is 0 Å². The van der Waals surface area contributed by atoms with E-state index >= 15 is 0 Å². The Hall–Kier alpha value is -1.91. The van der Waals surface area contributed by atoms with E-state index in [0.29, 0.717) is 16.3 Å². The molecule has 0 fully saturated rings. The van der Waals surface area contributed by atoms with Gasteiger partial charge in [0.15, 0.2) is 0 Å². The second kappa shape index (κ2) is 3.84. The molecule has 17 heavy (non-hydrogen) atoms. The first-order valence-corrected chi connectivity index (χ1v) is 4.85. The van der Waals surface area contributed by atoms with E-state index in [0.717, 1.165) is 0 Å². The topological polar surface area (TPSA) is 29.5 Å². The number of aryl methyl sites for hydroxylation is 1. The number of alkyl halides is 3. The van der Waals surface area contributed by atoms with Crippen molar-refractivity contribution < 1.29 is 23.0 Å². The Morgan fingerprint density at radius 3 is 2.53 bits per heavy atom. The summed E-state index contributed by atoms with van der Waals surface area (Å²) in [5, 5.41) is 10.2. The number of phenolic OH excluding ortho intramolecular Hbond substituents is 1. The van der Waals surface area contributed by atoms with E-state index in [1.807, 2.05) is 0 Å². The van der Waals surface area contributed by atoms with Crippen molar-refractivity contribution in [2.45, 2.75) is 13.3 Å². The van der Waals surface area contributed by atoms with Crippen molar-refractivity contribution in [3.63, 3.8) is 0 Å². The smallest absolute Gasteiger partial charge is 0.508 e. The van der Waals surface area contributed by atoms with Crippen molar-refractivity contribution in [1.29, 1.82) is 0 Å². The molecule has 2 aromatic rings. The zero-order chi connectivity index (χ0) is 12.6. The second-order valence-electron chi connectivity index (χ2n) is 3.66. The number of halogens is 3. The summed E-state index contributed by atoms with van der Waals surface area (Å²) in [6.07, 6.45) is -4.72. The van der Waals surface area contributed by atoms with Gasteiger partial charge in [0, 0.05) is 5.39 Å². The van der Waals surface area contributed by atoms with Gasteiger partial charge in [-0.15, -0.1) is 13.2 Å². The maximum Gasteiger partial charge on any atom is 0.573 e. The zero-order valence-electron chi connectivity index (χ0n) is 8.88. The van der Waals surface area contributed by atoms with Crippen LogP contribution in [0.15, 0.2) is 30.3 Å². The number of hydrogen-bond donors (Lipinski definition) is 1. The third-order valence-corrected chi connectivity index (χ3v) is 2.35. The van der Waals surface area contributed by atoms with E-state index in [1.165, 1.54) is 24.3 Å². The van der Waals surface area contributed by atoms with Crippen molar-refractivity contribution in [1.82, 2.24) is 0 Å². The summed E-state index contributed by atoms with van der Waals surface area (Å²) < 4.78 is 40.6. The van der Waals surface area contributed by atoms with Gasteiger partial charge in [0.2, 0.25) is 0 Å². The van der Waals surface area contributed by atoms with Crippen LogP contribution in [-0.4, -0.2) is 11.5 Å². The average molecular weight is 242 g/mol. The van der Waals surface area contributed by atoms with Gasteiger partial charge in [0.1, 0.15) is 11.5 Å². The molecule has 0 amide bonds. The molecule has 0 aliphatic rings. The minimum Gasteiger partial charge on any atom is -0.508 e. The van der Waals surface area contributed by atoms with Crippen molar-refractivity contribution in [2.75, 3.05) is 0 Å². The van der Waals surface area contributed by atoms with Crippen LogP contribution in [0.3, 0.4) is 0 Å². The number of rotatable bonds is 1. The Morgan fingerprint density at radius 1 is 1.18 bits per heavy atom. The summed E-state index contributed by atoms with van der Waals surface area (Å²) in [6, 6.07) is 7.10. The first-order valence-electron chi connectivity index (χ1n) is 4.85. The molecule has 0 saturated carbocycles. The Bertz CT molecular complexity index is 561. The number of aromatic hydroxyl groups is 1. The third kappa shape index (κ3) is 2.43.